The summed E-state index contributed by atoms with van der Waals surface area (Å²) in [4.78, 5) is 19.0. The first-order valence-corrected chi connectivity index (χ1v) is 8.50. The minimum atomic E-state index is 0.684. The molecule has 0 saturated carbocycles. The third-order valence-electron chi connectivity index (χ3n) is 3.99. The van der Waals surface area contributed by atoms with Crippen molar-refractivity contribution in [1.82, 2.24) is 19.9 Å². The molecule has 0 amide bonds. The Hall–Kier alpha value is -1.73. The van der Waals surface area contributed by atoms with Gasteiger partial charge < -0.3 is 10.6 Å². The molecule has 1 aliphatic rings. The van der Waals surface area contributed by atoms with Crippen LogP contribution in [0.4, 0.5) is 11.1 Å². The molecule has 2 aromatic rings. The van der Waals surface area contributed by atoms with Crippen LogP contribution in [0.2, 0.25) is 0 Å². The second-order valence-corrected chi connectivity index (χ2v) is 6.66. The molecule has 2 aromatic heterocycles. The number of nitrogens with two attached hydrogens (primary N) is 1. The van der Waals surface area contributed by atoms with E-state index in [1.807, 2.05) is 13.0 Å². The van der Waals surface area contributed by atoms with E-state index in [-0.39, 0.29) is 0 Å². The van der Waals surface area contributed by atoms with Gasteiger partial charge in [-0.1, -0.05) is 0 Å². The van der Waals surface area contributed by atoms with E-state index in [4.69, 9.17) is 5.73 Å². The van der Waals surface area contributed by atoms with E-state index in [1.54, 1.807) is 23.7 Å². The van der Waals surface area contributed by atoms with Crippen LogP contribution in [0.25, 0.3) is 0 Å². The second-order valence-electron chi connectivity index (χ2n) is 5.54. The number of rotatable bonds is 5. The van der Waals surface area contributed by atoms with Gasteiger partial charge in [0.25, 0.3) is 0 Å². The second kappa shape index (κ2) is 7.02. The molecular weight excluding hydrogens is 296 g/mol. The third-order valence-corrected chi connectivity index (χ3v) is 5.04. The summed E-state index contributed by atoms with van der Waals surface area (Å²) in [5.74, 6) is 0.845. The summed E-state index contributed by atoms with van der Waals surface area (Å²) in [6, 6.07) is 1.86. The molecule has 2 N–H and O–H groups in total. The fourth-order valence-electron chi connectivity index (χ4n) is 2.77. The van der Waals surface area contributed by atoms with Gasteiger partial charge in [-0.3, -0.25) is 4.90 Å². The van der Waals surface area contributed by atoms with Crippen LogP contribution >= 0.6 is 11.3 Å². The molecule has 1 fully saturated rings. The van der Waals surface area contributed by atoms with Gasteiger partial charge in [0, 0.05) is 43.4 Å². The molecule has 7 heteroatoms. The molecule has 1 saturated heterocycles. The summed E-state index contributed by atoms with van der Waals surface area (Å²) in [5.41, 5.74) is 6.84. The smallest absolute Gasteiger partial charge is 0.225 e. The number of hydrogen-bond acceptors (Lipinski definition) is 7. The maximum Gasteiger partial charge on any atom is 0.225 e. The standard InChI is InChI=1S/C15H22N6S/c1-12-13(22-14(16)19-12)4-2-7-20-8-10-21(11-9-20)15-17-5-3-6-18-15/h3,5-6H,2,4,7-11H2,1H3,(H2,16,19). The highest BCUT2D eigenvalue weighted by atomic mass is 32.1. The van der Waals surface area contributed by atoms with Gasteiger partial charge in [-0.25, -0.2) is 15.0 Å². The monoisotopic (exact) mass is 318 g/mol. The molecule has 0 spiro atoms. The van der Waals surface area contributed by atoms with Crippen LogP contribution in [0.5, 0.6) is 0 Å². The van der Waals surface area contributed by atoms with E-state index in [9.17, 15) is 0 Å². The van der Waals surface area contributed by atoms with Crippen molar-refractivity contribution >= 4 is 22.4 Å². The zero-order chi connectivity index (χ0) is 15.4. The van der Waals surface area contributed by atoms with Gasteiger partial charge in [-0.05, 0) is 32.4 Å². The van der Waals surface area contributed by atoms with Gasteiger partial charge in [0.05, 0.1) is 5.69 Å². The molecule has 118 valence electrons. The number of nitrogens with zero attached hydrogens (tertiary/aromatic N) is 5. The van der Waals surface area contributed by atoms with Crippen LogP contribution in [0, 0.1) is 6.92 Å². The van der Waals surface area contributed by atoms with Crippen LogP contribution in [0.15, 0.2) is 18.5 Å². The Balaban J connectivity index is 1.42. The first-order valence-electron chi connectivity index (χ1n) is 7.68. The van der Waals surface area contributed by atoms with E-state index in [0.29, 0.717) is 5.13 Å². The van der Waals surface area contributed by atoms with Gasteiger partial charge in [0.1, 0.15) is 0 Å². The summed E-state index contributed by atoms with van der Waals surface area (Å²) in [6.07, 6.45) is 5.84. The van der Waals surface area contributed by atoms with Crippen LogP contribution in [-0.4, -0.2) is 52.6 Å². The van der Waals surface area contributed by atoms with E-state index >= 15 is 0 Å². The molecule has 0 aliphatic carbocycles. The van der Waals surface area contributed by atoms with Crippen molar-refractivity contribution in [1.29, 1.82) is 0 Å². The number of nitrogen functional groups attached to an aromatic ring is 1. The number of hydrogen-bond donors (Lipinski definition) is 1. The van der Waals surface area contributed by atoms with Crippen molar-refractivity contribution in [2.24, 2.45) is 0 Å². The van der Waals surface area contributed by atoms with Crippen LogP contribution in [0.1, 0.15) is 17.0 Å². The predicted molar refractivity (Wildman–Crippen MR) is 90.3 cm³/mol. The lowest BCUT2D eigenvalue weighted by Gasteiger charge is -2.34. The largest absolute Gasteiger partial charge is 0.375 e. The minimum absolute atomic E-state index is 0.684. The lowest BCUT2D eigenvalue weighted by atomic mass is 10.2. The molecule has 3 heterocycles. The van der Waals surface area contributed by atoms with E-state index in [1.165, 1.54) is 4.88 Å². The van der Waals surface area contributed by atoms with Gasteiger partial charge in [-0.15, -0.1) is 11.3 Å². The minimum Gasteiger partial charge on any atom is -0.375 e. The van der Waals surface area contributed by atoms with E-state index in [2.05, 4.69) is 24.8 Å². The van der Waals surface area contributed by atoms with Crippen molar-refractivity contribution in [3.05, 3.63) is 29.0 Å². The molecule has 0 unspecified atom stereocenters. The predicted octanol–water partition coefficient (Wildman–Crippen LogP) is 1.58. The zero-order valence-corrected chi connectivity index (χ0v) is 13.7. The summed E-state index contributed by atoms with van der Waals surface area (Å²) in [6.45, 7) is 7.30. The highest BCUT2D eigenvalue weighted by Gasteiger charge is 2.18. The number of thiazole rings is 1. The third kappa shape index (κ3) is 3.72. The SMILES string of the molecule is Cc1nc(N)sc1CCCN1CCN(c2ncccn2)CC1. The van der Waals surface area contributed by atoms with Crippen molar-refractivity contribution in [2.75, 3.05) is 43.4 Å². The summed E-state index contributed by atoms with van der Waals surface area (Å²) < 4.78 is 0. The van der Waals surface area contributed by atoms with Gasteiger partial charge >= 0.3 is 0 Å². The van der Waals surface area contributed by atoms with Crippen molar-refractivity contribution < 1.29 is 0 Å². The van der Waals surface area contributed by atoms with Crippen LogP contribution < -0.4 is 10.6 Å². The highest BCUT2D eigenvalue weighted by Crippen LogP contribution is 2.21. The Morgan fingerprint density at radius 1 is 1.18 bits per heavy atom. The molecule has 0 radical (unpaired) electrons. The first kappa shape index (κ1) is 15.2. The molecule has 1 aliphatic heterocycles. The van der Waals surface area contributed by atoms with E-state index < -0.39 is 0 Å². The average Bonchev–Trinajstić information content (AvgIpc) is 2.87. The molecule has 3 rings (SSSR count). The Morgan fingerprint density at radius 2 is 1.91 bits per heavy atom. The Labute approximate surface area is 135 Å². The zero-order valence-electron chi connectivity index (χ0n) is 12.9. The number of piperazine rings is 1. The maximum atomic E-state index is 5.74. The lowest BCUT2D eigenvalue weighted by molar-refractivity contribution is 0.254. The van der Waals surface area contributed by atoms with Crippen LogP contribution in [0.3, 0.4) is 0 Å². The Bertz CT molecular complexity index is 591. The first-order chi connectivity index (χ1) is 10.7. The molecule has 22 heavy (non-hydrogen) atoms. The summed E-state index contributed by atoms with van der Waals surface area (Å²) >= 11 is 1.62. The lowest BCUT2D eigenvalue weighted by Crippen LogP contribution is -2.47. The van der Waals surface area contributed by atoms with Crippen molar-refractivity contribution in [2.45, 2.75) is 19.8 Å². The van der Waals surface area contributed by atoms with Crippen molar-refractivity contribution in [3.63, 3.8) is 0 Å². The average molecular weight is 318 g/mol. The molecule has 0 aromatic carbocycles. The Kier molecular flexibility index (Phi) is 4.84. The van der Waals surface area contributed by atoms with Gasteiger partial charge in [0.15, 0.2) is 5.13 Å². The molecular formula is C15H22N6S. The van der Waals surface area contributed by atoms with Gasteiger partial charge in [-0.2, -0.15) is 0 Å². The number of anilines is 2. The maximum absolute atomic E-state index is 5.74. The van der Waals surface area contributed by atoms with Crippen LogP contribution in [-0.2, 0) is 6.42 Å². The molecule has 6 nitrogen and oxygen atoms in total. The number of aromatic nitrogens is 3. The number of aryl methyl sites for hydroxylation is 2. The van der Waals surface area contributed by atoms with Crippen molar-refractivity contribution in [3.8, 4) is 0 Å². The molecule has 0 bridgehead atoms. The highest BCUT2D eigenvalue weighted by molar-refractivity contribution is 7.15. The fraction of sp³-hybridized carbons (Fsp3) is 0.533. The fourth-order valence-corrected chi connectivity index (χ4v) is 3.65. The van der Waals surface area contributed by atoms with Gasteiger partial charge in [0.2, 0.25) is 5.95 Å². The summed E-state index contributed by atoms with van der Waals surface area (Å²) in [7, 11) is 0. The quantitative estimate of drug-likeness (QED) is 0.902. The van der Waals surface area contributed by atoms with E-state index in [0.717, 1.165) is 57.2 Å². The summed E-state index contributed by atoms with van der Waals surface area (Å²) in [5, 5.41) is 0.684. The normalized spacial score (nSPS) is 16.1. The topological polar surface area (TPSA) is 71.2 Å². The molecule has 0 atom stereocenters. The Morgan fingerprint density at radius 3 is 2.55 bits per heavy atom.